The lowest BCUT2D eigenvalue weighted by Gasteiger charge is -2.26. The molecule has 3 N–H and O–H groups in total. The molecule has 0 spiro atoms. The molecule has 184 valence electrons. The summed E-state index contributed by atoms with van der Waals surface area (Å²) in [6.07, 6.45) is 6.11. The van der Waals surface area contributed by atoms with E-state index in [1.807, 2.05) is 25.1 Å². The first-order valence-electron chi connectivity index (χ1n) is 11.8. The number of hydrogen-bond donors (Lipinski definition) is 2. The Morgan fingerprint density at radius 2 is 1.69 bits per heavy atom. The minimum Gasteiger partial charge on any atom is -0.383 e. The molecule has 2 aliphatic rings. The summed E-state index contributed by atoms with van der Waals surface area (Å²) in [5.41, 5.74) is 5.35. The number of imide groups is 1. The van der Waals surface area contributed by atoms with Crippen LogP contribution in [0.3, 0.4) is 0 Å². The van der Waals surface area contributed by atoms with Crippen LogP contribution in [0.2, 0.25) is 0 Å². The number of allylic oxidation sites excluding steroid dienone is 2. The van der Waals surface area contributed by atoms with E-state index < -0.39 is 35.5 Å². The first kappa shape index (κ1) is 24.2. The molecule has 1 aliphatic heterocycles. The number of fused-ring (bicyclic) bond motifs is 1. The maximum atomic E-state index is 13.6. The van der Waals surface area contributed by atoms with E-state index in [1.165, 1.54) is 4.57 Å². The molecule has 0 saturated carbocycles. The Kier molecular flexibility index (Phi) is 6.99. The van der Waals surface area contributed by atoms with E-state index in [-0.39, 0.29) is 36.4 Å². The Hall–Kier alpha value is -3.95. The van der Waals surface area contributed by atoms with Gasteiger partial charge in [-0.1, -0.05) is 55.8 Å². The standard InChI is InChI=1S/C25H29N5O5/c1-2-3-13-28-21(26)20(22(32)27-25(28)35)29(14-16-9-5-4-6-10-16)19(31)15-30-23(33)17-11-7-8-12-18(17)24(30)34/h4-10,17-18H,2-3,11-15,26H2,1H3,(H,27,32,35). The van der Waals surface area contributed by atoms with E-state index in [1.54, 1.807) is 24.3 Å². The van der Waals surface area contributed by atoms with Gasteiger partial charge in [0.05, 0.1) is 18.4 Å². The van der Waals surface area contributed by atoms with Crippen molar-refractivity contribution in [3.05, 3.63) is 68.9 Å². The topological polar surface area (TPSA) is 139 Å². The van der Waals surface area contributed by atoms with Gasteiger partial charge in [-0.05, 0) is 24.8 Å². The van der Waals surface area contributed by atoms with E-state index in [4.69, 9.17) is 5.73 Å². The van der Waals surface area contributed by atoms with Crippen molar-refractivity contribution in [1.29, 1.82) is 0 Å². The lowest BCUT2D eigenvalue weighted by atomic mass is 9.85. The minimum atomic E-state index is -0.804. The van der Waals surface area contributed by atoms with Crippen molar-refractivity contribution in [3.63, 3.8) is 0 Å². The second kappa shape index (κ2) is 10.1. The summed E-state index contributed by atoms with van der Waals surface area (Å²) >= 11 is 0. The van der Waals surface area contributed by atoms with Crippen molar-refractivity contribution < 1.29 is 14.4 Å². The molecule has 0 bridgehead atoms. The van der Waals surface area contributed by atoms with E-state index in [2.05, 4.69) is 4.98 Å². The molecule has 1 fully saturated rings. The summed E-state index contributed by atoms with van der Waals surface area (Å²) < 4.78 is 1.23. The third-order valence-electron chi connectivity index (χ3n) is 6.60. The zero-order valence-electron chi connectivity index (χ0n) is 19.6. The number of hydrogen-bond acceptors (Lipinski definition) is 6. The van der Waals surface area contributed by atoms with Crippen molar-refractivity contribution in [1.82, 2.24) is 14.5 Å². The summed E-state index contributed by atoms with van der Waals surface area (Å²) in [5, 5.41) is 0. The number of aromatic nitrogens is 2. The van der Waals surface area contributed by atoms with Crippen LogP contribution < -0.4 is 21.9 Å². The van der Waals surface area contributed by atoms with Gasteiger partial charge in [0.15, 0.2) is 5.69 Å². The number of rotatable bonds is 8. The summed E-state index contributed by atoms with van der Waals surface area (Å²) in [4.78, 5) is 69.1. The SMILES string of the molecule is CCCCn1c(N)c(N(Cc2ccccc2)C(=O)CN2C(=O)C3CC=CCC3C2=O)c(=O)[nH]c1=O. The van der Waals surface area contributed by atoms with Gasteiger partial charge in [-0.15, -0.1) is 0 Å². The number of aromatic amines is 1. The van der Waals surface area contributed by atoms with Crippen molar-refractivity contribution in [3.8, 4) is 0 Å². The molecular formula is C25H29N5O5. The van der Waals surface area contributed by atoms with Gasteiger partial charge < -0.3 is 5.73 Å². The van der Waals surface area contributed by atoms with E-state index in [0.29, 0.717) is 24.8 Å². The van der Waals surface area contributed by atoms with Crippen molar-refractivity contribution in [2.45, 2.75) is 45.7 Å². The summed E-state index contributed by atoms with van der Waals surface area (Å²) in [7, 11) is 0. The third kappa shape index (κ3) is 4.68. The van der Waals surface area contributed by atoms with Crippen LogP contribution in [0.25, 0.3) is 0 Å². The van der Waals surface area contributed by atoms with Crippen LogP contribution in [0.5, 0.6) is 0 Å². The van der Waals surface area contributed by atoms with Gasteiger partial charge in [-0.2, -0.15) is 0 Å². The second-order valence-corrected chi connectivity index (χ2v) is 8.88. The van der Waals surface area contributed by atoms with Crippen molar-refractivity contribution in [2.24, 2.45) is 11.8 Å². The fourth-order valence-electron chi connectivity index (χ4n) is 4.68. The van der Waals surface area contributed by atoms with Gasteiger partial charge in [0.1, 0.15) is 12.4 Å². The van der Waals surface area contributed by atoms with Gasteiger partial charge in [0.25, 0.3) is 5.56 Å². The number of amides is 3. The molecule has 1 aromatic heterocycles. The predicted octanol–water partition coefficient (Wildman–Crippen LogP) is 1.40. The number of H-pyrrole nitrogens is 1. The van der Waals surface area contributed by atoms with E-state index in [9.17, 15) is 24.0 Å². The quantitative estimate of drug-likeness (QED) is 0.434. The molecule has 35 heavy (non-hydrogen) atoms. The average molecular weight is 480 g/mol. The smallest absolute Gasteiger partial charge is 0.330 e. The average Bonchev–Trinajstić information content (AvgIpc) is 3.08. The second-order valence-electron chi connectivity index (χ2n) is 8.88. The molecule has 2 atom stereocenters. The summed E-state index contributed by atoms with van der Waals surface area (Å²) in [6, 6.07) is 8.96. The molecule has 1 saturated heterocycles. The fraction of sp³-hybridized carbons (Fsp3) is 0.400. The summed E-state index contributed by atoms with van der Waals surface area (Å²) in [5.74, 6) is -2.47. The van der Waals surface area contributed by atoms with Gasteiger partial charge in [0, 0.05) is 6.54 Å². The Balaban J connectivity index is 1.71. The van der Waals surface area contributed by atoms with Crippen LogP contribution in [0, 0.1) is 11.8 Å². The number of anilines is 2. The lowest BCUT2D eigenvalue weighted by Crippen LogP contribution is -2.46. The first-order valence-corrected chi connectivity index (χ1v) is 11.8. The van der Waals surface area contributed by atoms with E-state index in [0.717, 1.165) is 16.2 Å². The molecule has 2 unspecified atom stereocenters. The number of carbonyl (C=O) groups excluding carboxylic acids is 3. The molecule has 1 aliphatic carbocycles. The van der Waals surface area contributed by atoms with Crippen LogP contribution in [0.4, 0.5) is 11.5 Å². The highest BCUT2D eigenvalue weighted by molar-refractivity contribution is 6.09. The molecule has 2 aromatic rings. The molecule has 3 amide bonds. The Bertz CT molecular complexity index is 1250. The maximum Gasteiger partial charge on any atom is 0.330 e. The molecular weight excluding hydrogens is 450 g/mol. The fourth-order valence-corrected chi connectivity index (χ4v) is 4.68. The molecule has 10 nitrogen and oxygen atoms in total. The highest BCUT2D eigenvalue weighted by Gasteiger charge is 2.48. The van der Waals surface area contributed by atoms with Gasteiger partial charge in [-0.25, -0.2) is 4.79 Å². The largest absolute Gasteiger partial charge is 0.383 e. The van der Waals surface area contributed by atoms with Crippen LogP contribution in [-0.4, -0.2) is 38.7 Å². The van der Waals surface area contributed by atoms with Crippen LogP contribution >= 0.6 is 0 Å². The first-order chi connectivity index (χ1) is 16.8. The number of unbranched alkanes of at least 4 members (excludes halogenated alkanes) is 1. The minimum absolute atomic E-state index is 0.0242. The van der Waals surface area contributed by atoms with E-state index >= 15 is 0 Å². The van der Waals surface area contributed by atoms with Crippen molar-refractivity contribution in [2.75, 3.05) is 17.2 Å². The third-order valence-corrected chi connectivity index (χ3v) is 6.60. The zero-order chi connectivity index (χ0) is 25.1. The highest BCUT2D eigenvalue weighted by atomic mass is 16.2. The summed E-state index contributed by atoms with van der Waals surface area (Å²) in [6.45, 7) is 1.70. The number of likely N-dealkylation sites (tertiary alicyclic amines) is 1. The number of benzene rings is 1. The maximum absolute atomic E-state index is 13.6. The van der Waals surface area contributed by atoms with Crippen LogP contribution in [0.1, 0.15) is 38.2 Å². The van der Waals surface area contributed by atoms with Crippen LogP contribution in [0.15, 0.2) is 52.1 Å². The number of nitrogens with two attached hydrogens (primary N) is 1. The van der Waals surface area contributed by atoms with Crippen molar-refractivity contribution >= 4 is 29.2 Å². The Labute approximate surface area is 202 Å². The molecule has 2 heterocycles. The Morgan fingerprint density at radius 3 is 2.29 bits per heavy atom. The number of nitrogen functional groups attached to an aromatic ring is 1. The van der Waals surface area contributed by atoms with Gasteiger partial charge in [-0.3, -0.25) is 38.5 Å². The highest BCUT2D eigenvalue weighted by Crippen LogP contribution is 2.35. The lowest BCUT2D eigenvalue weighted by molar-refractivity contribution is -0.143. The molecule has 4 rings (SSSR count). The number of carbonyl (C=O) groups is 3. The number of nitrogens with zero attached hydrogens (tertiary/aromatic N) is 3. The predicted molar refractivity (Wildman–Crippen MR) is 130 cm³/mol. The normalized spacial score (nSPS) is 19.2. The number of nitrogens with one attached hydrogen (secondary N) is 1. The zero-order valence-corrected chi connectivity index (χ0v) is 19.6. The monoisotopic (exact) mass is 479 g/mol. The Morgan fingerprint density at radius 1 is 1.06 bits per heavy atom. The molecule has 0 radical (unpaired) electrons. The molecule has 10 heteroatoms. The van der Waals surface area contributed by atoms with Crippen LogP contribution in [-0.2, 0) is 27.5 Å². The molecule has 1 aromatic carbocycles. The van der Waals surface area contributed by atoms with Gasteiger partial charge in [0.2, 0.25) is 17.7 Å². The van der Waals surface area contributed by atoms with Gasteiger partial charge >= 0.3 is 5.69 Å².